The highest BCUT2D eigenvalue weighted by Gasteiger charge is 2.53. The lowest BCUT2D eigenvalue weighted by Crippen LogP contribution is -2.43. The zero-order valence-electron chi connectivity index (χ0n) is 26.1. The Balaban J connectivity index is 1.00. The lowest BCUT2D eigenvalue weighted by molar-refractivity contribution is -0.172. The first-order chi connectivity index (χ1) is 22.0. The van der Waals surface area contributed by atoms with Crippen LogP contribution in [0, 0.1) is 0 Å². The number of nitrogens with zero attached hydrogens (tertiary/aromatic N) is 4. The van der Waals surface area contributed by atoms with E-state index in [-0.39, 0.29) is 25.0 Å². The smallest absolute Gasteiger partial charge is 0.265 e. The van der Waals surface area contributed by atoms with E-state index in [1.165, 1.54) is 22.7 Å². The number of benzene rings is 2. The Kier molecular flexibility index (Phi) is 9.02. The van der Waals surface area contributed by atoms with Gasteiger partial charge in [-0.25, -0.2) is 0 Å². The van der Waals surface area contributed by atoms with Crippen LogP contribution in [0.1, 0.15) is 61.7 Å². The largest absolute Gasteiger partial charge is 0.347 e. The molecule has 12 nitrogen and oxygen atoms in total. The summed E-state index contributed by atoms with van der Waals surface area (Å²) in [5, 5.41) is 25.1. The van der Waals surface area contributed by atoms with Gasteiger partial charge in [0.05, 0.1) is 13.2 Å². The van der Waals surface area contributed by atoms with Crippen LogP contribution in [0.25, 0.3) is 0 Å². The third kappa shape index (κ3) is 6.87. The first-order valence-electron chi connectivity index (χ1n) is 15.1. The molecule has 2 saturated heterocycles. The number of aromatic nitrogens is 4. The van der Waals surface area contributed by atoms with E-state index in [0.29, 0.717) is 34.2 Å². The summed E-state index contributed by atoms with van der Waals surface area (Å²) in [5.74, 6) is -2.51. The van der Waals surface area contributed by atoms with Crippen molar-refractivity contribution in [3.05, 3.63) is 81.8 Å². The maximum Gasteiger partial charge on any atom is 0.265 e. The fraction of sp³-hybridized carbons (Fsp3) is 0.438. The minimum atomic E-state index is -1.28. The third-order valence-electron chi connectivity index (χ3n) is 7.71. The van der Waals surface area contributed by atoms with Crippen LogP contribution in [0.5, 0.6) is 0 Å². The van der Waals surface area contributed by atoms with Gasteiger partial charge in [-0.1, -0.05) is 83.3 Å². The number of rotatable bonds is 11. The molecule has 14 heteroatoms. The molecule has 2 fully saturated rings. The fourth-order valence-corrected chi connectivity index (χ4v) is 7.01. The van der Waals surface area contributed by atoms with E-state index in [2.05, 4.69) is 31.0 Å². The van der Waals surface area contributed by atoms with Crippen molar-refractivity contribution in [3.8, 4) is 0 Å². The van der Waals surface area contributed by atoms with Gasteiger partial charge in [0.2, 0.25) is 10.3 Å². The van der Waals surface area contributed by atoms with E-state index in [0.717, 1.165) is 22.9 Å². The van der Waals surface area contributed by atoms with E-state index in [1.54, 1.807) is 27.7 Å². The molecule has 1 unspecified atom stereocenters. The Labute approximate surface area is 274 Å². The number of aryl methyl sites for hydroxylation is 2. The van der Waals surface area contributed by atoms with Gasteiger partial charge in [-0.15, -0.1) is 20.4 Å². The molecule has 2 aliphatic heterocycles. The highest BCUT2D eigenvalue weighted by molar-refractivity contribution is 7.15. The Bertz CT molecular complexity index is 1560. The number of anilines is 2. The second kappa shape index (κ2) is 12.9. The van der Waals surface area contributed by atoms with Gasteiger partial charge < -0.3 is 18.9 Å². The van der Waals surface area contributed by atoms with Crippen LogP contribution in [-0.2, 0) is 52.6 Å². The normalized spacial score (nSPS) is 23.3. The van der Waals surface area contributed by atoms with Gasteiger partial charge in [0.15, 0.2) is 22.8 Å². The second-order valence-electron chi connectivity index (χ2n) is 12.1. The monoisotopic (exact) mass is 664 g/mol. The van der Waals surface area contributed by atoms with E-state index < -0.39 is 22.8 Å². The predicted molar refractivity (Wildman–Crippen MR) is 172 cm³/mol. The van der Waals surface area contributed by atoms with Gasteiger partial charge in [0.25, 0.3) is 11.8 Å². The summed E-state index contributed by atoms with van der Waals surface area (Å²) in [5.41, 5.74) is -1.15. The molecule has 2 atom stereocenters. The van der Waals surface area contributed by atoms with Crippen LogP contribution in [0.3, 0.4) is 0 Å². The average molecular weight is 665 g/mol. The molecular weight excluding hydrogens is 629 g/mol. The second-order valence-corrected chi connectivity index (χ2v) is 14.2. The van der Waals surface area contributed by atoms with E-state index in [9.17, 15) is 9.59 Å². The summed E-state index contributed by atoms with van der Waals surface area (Å²) in [7, 11) is 0. The number of amides is 2. The summed E-state index contributed by atoms with van der Waals surface area (Å²) in [4.78, 5) is 27.0. The number of unbranched alkanes of at least 4 members (excludes halogenated alkanes) is 1. The Hall–Kier alpha value is -3.66. The Morgan fingerprint density at radius 3 is 1.39 bits per heavy atom. The molecule has 2 aromatic carbocycles. The summed E-state index contributed by atoms with van der Waals surface area (Å²) < 4.78 is 23.9. The maximum absolute atomic E-state index is 13.5. The van der Waals surface area contributed by atoms with Crippen LogP contribution in [0.2, 0.25) is 0 Å². The van der Waals surface area contributed by atoms with Crippen molar-refractivity contribution in [1.29, 1.82) is 0 Å². The average Bonchev–Trinajstić information content (AvgIpc) is 3.83. The number of ether oxygens (including phenoxy) is 4. The van der Waals surface area contributed by atoms with Gasteiger partial charge in [0, 0.05) is 12.8 Å². The lowest BCUT2D eigenvalue weighted by atomic mass is 9.93. The molecule has 242 valence electrons. The molecule has 2 N–H and O–H groups in total. The Morgan fingerprint density at radius 1 is 0.652 bits per heavy atom. The summed E-state index contributed by atoms with van der Waals surface area (Å²) >= 11 is 2.67. The summed E-state index contributed by atoms with van der Waals surface area (Å²) in [6.07, 6.45) is 3.05. The first-order valence-corrected chi connectivity index (χ1v) is 16.7. The Morgan fingerprint density at radius 2 is 1.04 bits per heavy atom. The van der Waals surface area contributed by atoms with E-state index in [1.807, 2.05) is 60.7 Å². The van der Waals surface area contributed by atoms with Crippen molar-refractivity contribution in [2.24, 2.45) is 0 Å². The molecule has 0 spiro atoms. The highest BCUT2D eigenvalue weighted by Crippen LogP contribution is 2.41. The number of carbonyl (C=O) groups is 2. The number of hydrogen-bond acceptors (Lipinski definition) is 12. The third-order valence-corrected chi connectivity index (χ3v) is 9.50. The molecule has 0 aliphatic carbocycles. The molecule has 2 aliphatic rings. The molecule has 0 saturated carbocycles. The fourth-order valence-electron chi connectivity index (χ4n) is 5.45. The highest BCUT2D eigenvalue weighted by atomic mass is 32.1. The first kappa shape index (κ1) is 32.3. The maximum atomic E-state index is 13.5. The predicted octanol–water partition coefficient (Wildman–Crippen LogP) is 5.19. The molecule has 6 rings (SSSR count). The molecule has 46 heavy (non-hydrogen) atoms. The van der Waals surface area contributed by atoms with Crippen LogP contribution in [0.4, 0.5) is 10.3 Å². The van der Waals surface area contributed by atoms with Crippen LogP contribution < -0.4 is 10.6 Å². The molecule has 2 aromatic heterocycles. The van der Waals surface area contributed by atoms with Gasteiger partial charge in [-0.05, 0) is 51.7 Å². The van der Waals surface area contributed by atoms with Crippen molar-refractivity contribution in [2.45, 2.75) is 76.2 Å². The standard InChI is InChI=1S/C32H36N6O6S2/c1-29(2)41-19-31(43-29,21-13-7-5-8-14-21)25(39)33-27-37-35-23(45-27)17-11-12-18-24-36-38-28(46-24)34-26(40)32(20-42-30(3,4)44-32)22-15-9-6-10-16-22/h5-10,13-16H,11-12,17-20H2,1-4H3,(H,33,37,39)(H,34,38,40)/t31-,32?/m0/s1. The van der Waals surface area contributed by atoms with E-state index >= 15 is 0 Å². The van der Waals surface area contributed by atoms with Crippen molar-refractivity contribution in [3.63, 3.8) is 0 Å². The zero-order chi connectivity index (χ0) is 32.4. The number of nitrogens with one attached hydrogen (secondary N) is 2. The van der Waals surface area contributed by atoms with Gasteiger partial charge in [-0.3, -0.25) is 20.2 Å². The van der Waals surface area contributed by atoms with E-state index in [4.69, 9.17) is 18.9 Å². The van der Waals surface area contributed by atoms with Gasteiger partial charge >= 0.3 is 0 Å². The molecule has 4 heterocycles. The molecule has 4 aromatic rings. The van der Waals surface area contributed by atoms with Crippen molar-refractivity contribution < 1.29 is 28.5 Å². The van der Waals surface area contributed by atoms with Crippen LogP contribution >= 0.6 is 22.7 Å². The molecule has 0 radical (unpaired) electrons. The number of carbonyl (C=O) groups excluding carboxylic acids is 2. The van der Waals surface area contributed by atoms with Crippen LogP contribution in [-0.4, -0.2) is 57.0 Å². The molecular formula is C32H36N6O6S2. The van der Waals surface area contributed by atoms with Crippen molar-refractivity contribution in [2.75, 3.05) is 23.8 Å². The molecule has 2 amide bonds. The topological polar surface area (TPSA) is 147 Å². The quantitative estimate of drug-likeness (QED) is 0.205. The summed E-state index contributed by atoms with van der Waals surface area (Å²) in [6, 6.07) is 18.6. The minimum Gasteiger partial charge on any atom is -0.347 e. The van der Waals surface area contributed by atoms with Crippen molar-refractivity contribution in [1.82, 2.24) is 20.4 Å². The minimum absolute atomic E-state index is 0.0901. The summed E-state index contributed by atoms with van der Waals surface area (Å²) in [6.45, 7) is 7.33. The SMILES string of the molecule is CC1(C)OCC(C(=O)Nc2nnc(CCCCc3nnc(NC(=O)[C@@]4(c5ccccc5)COC(C)(C)O4)s3)s2)(c2ccccc2)O1. The zero-order valence-corrected chi connectivity index (χ0v) is 27.7. The molecule has 0 bridgehead atoms. The lowest BCUT2D eigenvalue weighted by Gasteiger charge is -2.28. The van der Waals surface area contributed by atoms with Crippen molar-refractivity contribution >= 4 is 44.8 Å². The number of hydrogen-bond donors (Lipinski definition) is 2. The van der Waals surface area contributed by atoms with Crippen LogP contribution in [0.15, 0.2) is 60.7 Å². The van der Waals surface area contributed by atoms with Gasteiger partial charge in [-0.2, -0.15) is 0 Å². The van der Waals surface area contributed by atoms with Gasteiger partial charge in [0.1, 0.15) is 10.0 Å².